The number of methoxy groups -OCH3 is 1. The molecule has 0 aliphatic carbocycles. The summed E-state index contributed by atoms with van der Waals surface area (Å²) in [5.41, 5.74) is 2.16. The van der Waals surface area contributed by atoms with Crippen LogP contribution >= 0.6 is 23.3 Å². The summed E-state index contributed by atoms with van der Waals surface area (Å²) in [7, 11) is 1.52. The fourth-order valence-electron chi connectivity index (χ4n) is 3.25. The van der Waals surface area contributed by atoms with E-state index in [-0.39, 0.29) is 5.56 Å². The van der Waals surface area contributed by atoms with Crippen molar-refractivity contribution in [1.29, 1.82) is 0 Å². The highest BCUT2D eigenvalue weighted by Gasteiger charge is 2.20. The van der Waals surface area contributed by atoms with E-state index in [0.29, 0.717) is 11.4 Å². The molecule has 0 radical (unpaired) electrons. The van der Waals surface area contributed by atoms with E-state index in [4.69, 9.17) is 14.8 Å². The second-order valence-electron chi connectivity index (χ2n) is 6.70. The number of hydrogen-bond acceptors (Lipinski definition) is 8. The minimum absolute atomic E-state index is 0.188. The third-order valence-electron chi connectivity index (χ3n) is 4.86. The number of nitrogens with zero attached hydrogens (tertiary/aromatic N) is 3. The second-order valence-corrected chi connectivity index (χ2v) is 8.37. The maximum Gasteiger partial charge on any atom is 0.335 e. The molecule has 1 aliphatic heterocycles. The predicted molar refractivity (Wildman–Crippen MR) is 122 cm³/mol. The Hall–Kier alpha value is -2.91. The molecule has 0 saturated carbocycles. The van der Waals surface area contributed by atoms with Gasteiger partial charge in [-0.2, -0.15) is 0 Å². The molecule has 7 nitrogen and oxygen atoms in total. The van der Waals surface area contributed by atoms with Crippen LogP contribution in [0.2, 0.25) is 0 Å². The monoisotopic (exact) mass is 442 g/mol. The molecule has 4 rings (SSSR count). The van der Waals surface area contributed by atoms with Crippen LogP contribution in [0.1, 0.15) is 10.4 Å². The molecule has 1 aliphatic rings. The molecule has 0 atom stereocenters. The highest BCUT2D eigenvalue weighted by atomic mass is 32.2. The Labute approximate surface area is 183 Å². The lowest BCUT2D eigenvalue weighted by molar-refractivity contribution is 0.0696. The zero-order valence-electron chi connectivity index (χ0n) is 16.4. The molecule has 1 aromatic heterocycles. The number of para-hydroxylation sites is 1. The van der Waals surface area contributed by atoms with Crippen molar-refractivity contribution in [1.82, 2.24) is 4.98 Å². The number of carboxylic acids is 1. The highest BCUT2D eigenvalue weighted by Crippen LogP contribution is 2.32. The number of piperazine rings is 1. The Kier molecular flexibility index (Phi) is 6.29. The van der Waals surface area contributed by atoms with Gasteiger partial charge in [-0.25, -0.2) is 9.78 Å². The van der Waals surface area contributed by atoms with Gasteiger partial charge in [0, 0.05) is 49.2 Å². The van der Waals surface area contributed by atoms with Gasteiger partial charge in [0.25, 0.3) is 0 Å². The Morgan fingerprint density at radius 2 is 1.87 bits per heavy atom. The zero-order valence-corrected chi connectivity index (χ0v) is 18.1. The molecule has 9 heteroatoms. The molecule has 3 aromatic rings. The summed E-state index contributed by atoms with van der Waals surface area (Å²) >= 11 is 3.02. The van der Waals surface area contributed by atoms with Crippen LogP contribution in [0.4, 0.5) is 16.5 Å². The Bertz CT molecular complexity index is 1000. The molecule has 0 amide bonds. The van der Waals surface area contributed by atoms with Crippen molar-refractivity contribution >= 4 is 45.8 Å². The number of anilines is 3. The first-order valence-corrected chi connectivity index (χ1v) is 11.2. The largest absolute Gasteiger partial charge is 0.495 e. The number of carboxylic acid groups (broad SMARTS) is 1. The number of hydrogen-bond donors (Lipinski definition) is 2. The smallest absolute Gasteiger partial charge is 0.335 e. The molecular weight excluding hydrogens is 420 g/mol. The lowest BCUT2D eigenvalue weighted by Gasteiger charge is -2.35. The van der Waals surface area contributed by atoms with Gasteiger partial charge in [0.1, 0.15) is 10.8 Å². The predicted octanol–water partition coefficient (Wildman–Crippen LogP) is 4.30. The fourth-order valence-corrected chi connectivity index (χ4v) is 4.90. The van der Waals surface area contributed by atoms with Crippen LogP contribution < -0.4 is 19.3 Å². The van der Waals surface area contributed by atoms with E-state index in [1.165, 1.54) is 30.8 Å². The van der Waals surface area contributed by atoms with Gasteiger partial charge in [-0.15, -0.1) is 11.3 Å². The molecule has 0 unspecified atom stereocenters. The molecule has 0 bridgehead atoms. The molecule has 2 heterocycles. The molecule has 1 fully saturated rings. The van der Waals surface area contributed by atoms with Crippen molar-refractivity contribution in [2.45, 2.75) is 5.03 Å². The fraction of sp³-hybridized carbons (Fsp3) is 0.238. The number of nitrogens with one attached hydrogen (secondary N) is 1. The third-order valence-corrected chi connectivity index (χ3v) is 6.65. The van der Waals surface area contributed by atoms with Crippen LogP contribution in [0, 0.1) is 0 Å². The summed E-state index contributed by atoms with van der Waals surface area (Å²) in [6, 6.07) is 15.2. The Morgan fingerprint density at radius 1 is 1.13 bits per heavy atom. The van der Waals surface area contributed by atoms with Gasteiger partial charge in [-0.05, 0) is 30.3 Å². The van der Waals surface area contributed by atoms with Gasteiger partial charge < -0.3 is 24.4 Å². The van der Waals surface area contributed by atoms with Gasteiger partial charge in [-0.1, -0.05) is 18.2 Å². The van der Waals surface area contributed by atoms with Crippen molar-refractivity contribution in [3.05, 3.63) is 59.5 Å². The topological polar surface area (TPSA) is 77.9 Å². The van der Waals surface area contributed by atoms with E-state index >= 15 is 0 Å². The molecule has 2 N–H and O–H groups in total. The lowest BCUT2D eigenvalue weighted by Crippen LogP contribution is -2.46. The SMILES string of the molecule is COc1cc(C(=O)O)ccc1NSc1csc(N2CCN(c3ccccc3)CC2)n1. The van der Waals surface area contributed by atoms with E-state index in [1.807, 2.05) is 11.4 Å². The summed E-state index contributed by atoms with van der Waals surface area (Å²) in [4.78, 5) is 20.6. The average molecular weight is 443 g/mol. The van der Waals surface area contributed by atoms with Crippen LogP contribution in [0.15, 0.2) is 58.9 Å². The van der Waals surface area contributed by atoms with Crippen LogP contribution in [-0.2, 0) is 0 Å². The van der Waals surface area contributed by atoms with Gasteiger partial charge in [-0.3, -0.25) is 0 Å². The van der Waals surface area contributed by atoms with Crippen LogP contribution in [-0.4, -0.2) is 49.3 Å². The molecule has 2 aromatic carbocycles. The minimum Gasteiger partial charge on any atom is -0.495 e. The van der Waals surface area contributed by atoms with E-state index in [9.17, 15) is 4.79 Å². The number of thiazole rings is 1. The first-order chi connectivity index (χ1) is 14.6. The van der Waals surface area contributed by atoms with E-state index in [1.54, 1.807) is 23.5 Å². The van der Waals surface area contributed by atoms with Crippen LogP contribution in [0.25, 0.3) is 0 Å². The summed E-state index contributed by atoms with van der Waals surface area (Å²) in [5.74, 6) is -0.501. The summed E-state index contributed by atoms with van der Waals surface area (Å²) < 4.78 is 8.51. The van der Waals surface area contributed by atoms with Gasteiger partial charge in [0.15, 0.2) is 5.13 Å². The summed E-state index contributed by atoms with van der Waals surface area (Å²) in [5, 5.41) is 13.0. The summed E-state index contributed by atoms with van der Waals surface area (Å²) in [6.07, 6.45) is 0. The normalized spacial score (nSPS) is 13.9. The Balaban J connectivity index is 1.34. The van der Waals surface area contributed by atoms with Crippen LogP contribution in [0.3, 0.4) is 0 Å². The number of aromatic nitrogens is 1. The Morgan fingerprint density at radius 3 is 2.57 bits per heavy atom. The zero-order chi connectivity index (χ0) is 20.9. The van der Waals surface area contributed by atoms with Crippen molar-refractivity contribution in [2.75, 3.05) is 47.8 Å². The third kappa shape index (κ3) is 4.63. The van der Waals surface area contributed by atoms with Gasteiger partial charge in [0.05, 0.1) is 18.4 Å². The quantitative estimate of drug-likeness (QED) is 0.525. The maximum absolute atomic E-state index is 11.1. The van der Waals surface area contributed by atoms with Crippen molar-refractivity contribution in [2.24, 2.45) is 0 Å². The number of aromatic carboxylic acids is 1. The average Bonchev–Trinajstić information content (AvgIpc) is 3.27. The first kappa shape index (κ1) is 20.4. The van der Waals surface area contributed by atoms with E-state index in [2.05, 4.69) is 38.8 Å². The molecule has 1 saturated heterocycles. The van der Waals surface area contributed by atoms with Gasteiger partial charge in [0.2, 0.25) is 0 Å². The van der Waals surface area contributed by atoms with Crippen molar-refractivity contribution in [3.63, 3.8) is 0 Å². The highest BCUT2D eigenvalue weighted by molar-refractivity contribution is 8.00. The maximum atomic E-state index is 11.1. The second kappa shape index (κ2) is 9.27. The standard InChI is InChI=1S/C21H22N4O3S2/c1-28-18-13-15(20(26)27)7-8-17(18)23-30-19-14-29-21(22-19)25-11-9-24(10-12-25)16-5-3-2-4-6-16/h2-8,13-14,23H,9-12H2,1H3,(H,26,27). The molecular formula is C21H22N4O3S2. The van der Waals surface area contributed by atoms with E-state index < -0.39 is 5.97 Å². The summed E-state index contributed by atoms with van der Waals surface area (Å²) in [6.45, 7) is 3.81. The molecule has 156 valence electrons. The minimum atomic E-state index is -0.982. The number of ether oxygens (including phenoxy) is 1. The first-order valence-electron chi connectivity index (χ1n) is 9.48. The molecule has 0 spiro atoms. The molecule has 30 heavy (non-hydrogen) atoms. The lowest BCUT2D eigenvalue weighted by atomic mass is 10.2. The van der Waals surface area contributed by atoms with Crippen molar-refractivity contribution < 1.29 is 14.6 Å². The van der Waals surface area contributed by atoms with Crippen molar-refractivity contribution in [3.8, 4) is 5.75 Å². The number of rotatable bonds is 7. The van der Waals surface area contributed by atoms with Crippen LogP contribution in [0.5, 0.6) is 5.75 Å². The number of benzene rings is 2. The number of carbonyl (C=O) groups is 1. The van der Waals surface area contributed by atoms with E-state index in [0.717, 1.165) is 36.3 Å². The van der Waals surface area contributed by atoms with Gasteiger partial charge >= 0.3 is 5.97 Å².